The number of anilines is 1. The van der Waals surface area contributed by atoms with Gasteiger partial charge in [0.2, 0.25) is 0 Å². The predicted molar refractivity (Wildman–Crippen MR) is 70.0 cm³/mol. The maximum atomic E-state index is 11.6. The Balaban J connectivity index is 2.37. The molecule has 0 amide bonds. The van der Waals surface area contributed by atoms with E-state index in [4.69, 9.17) is 5.73 Å². The monoisotopic (exact) mass is 238 g/mol. The molecular weight excluding hydrogens is 228 g/mol. The molecule has 0 atom stereocenters. The molecule has 3 N–H and O–H groups in total. The van der Waals surface area contributed by atoms with Crippen molar-refractivity contribution in [3.05, 3.63) is 52.9 Å². The van der Waals surface area contributed by atoms with Gasteiger partial charge in [-0.25, -0.2) is 5.10 Å². The first-order valence-corrected chi connectivity index (χ1v) is 5.45. The molecular formula is C13H10N4O. The molecule has 3 rings (SSSR count). The third-order valence-electron chi connectivity index (χ3n) is 2.71. The van der Waals surface area contributed by atoms with Gasteiger partial charge in [-0.15, -0.1) is 0 Å². The summed E-state index contributed by atoms with van der Waals surface area (Å²) in [5, 5.41) is 7.06. The highest BCUT2D eigenvalue weighted by Crippen LogP contribution is 2.23. The van der Waals surface area contributed by atoms with Crippen molar-refractivity contribution in [1.29, 1.82) is 0 Å². The van der Waals surface area contributed by atoms with Gasteiger partial charge < -0.3 is 5.73 Å². The van der Waals surface area contributed by atoms with Crippen LogP contribution in [0.5, 0.6) is 0 Å². The minimum absolute atomic E-state index is 0.245. The summed E-state index contributed by atoms with van der Waals surface area (Å²) in [5.74, 6) is 0. The lowest BCUT2D eigenvalue weighted by atomic mass is 10.1. The van der Waals surface area contributed by atoms with E-state index < -0.39 is 0 Å². The molecule has 0 spiro atoms. The third kappa shape index (κ3) is 1.62. The maximum absolute atomic E-state index is 11.6. The highest BCUT2D eigenvalue weighted by Gasteiger charge is 2.09. The van der Waals surface area contributed by atoms with Crippen LogP contribution < -0.4 is 11.3 Å². The number of fused-ring (bicyclic) bond motifs is 1. The molecule has 3 aromatic rings. The van der Waals surface area contributed by atoms with Gasteiger partial charge in [-0.05, 0) is 24.3 Å². The second-order valence-electron chi connectivity index (χ2n) is 3.93. The zero-order valence-electron chi connectivity index (χ0n) is 9.42. The van der Waals surface area contributed by atoms with Crippen molar-refractivity contribution < 1.29 is 0 Å². The molecule has 88 valence electrons. The van der Waals surface area contributed by atoms with Gasteiger partial charge in [0, 0.05) is 17.4 Å². The first-order valence-electron chi connectivity index (χ1n) is 5.45. The normalized spacial score (nSPS) is 10.7. The maximum Gasteiger partial charge on any atom is 0.273 e. The number of nitrogens with zero attached hydrogens (tertiary/aromatic N) is 2. The lowest BCUT2D eigenvalue weighted by molar-refractivity contribution is 1.01. The van der Waals surface area contributed by atoms with E-state index in [0.29, 0.717) is 22.3 Å². The summed E-state index contributed by atoms with van der Waals surface area (Å²) in [5.41, 5.74) is 8.18. The van der Waals surface area contributed by atoms with E-state index in [2.05, 4.69) is 15.2 Å². The second kappa shape index (κ2) is 3.96. The predicted octanol–water partition coefficient (Wildman–Crippen LogP) is 1.57. The van der Waals surface area contributed by atoms with Crippen LogP contribution in [0.3, 0.4) is 0 Å². The van der Waals surface area contributed by atoms with E-state index in [1.54, 1.807) is 30.5 Å². The molecule has 0 aliphatic carbocycles. The van der Waals surface area contributed by atoms with E-state index in [1.165, 1.54) is 0 Å². The van der Waals surface area contributed by atoms with Crippen LogP contribution in [0.15, 0.2) is 47.4 Å². The van der Waals surface area contributed by atoms with Crippen molar-refractivity contribution in [2.24, 2.45) is 0 Å². The van der Waals surface area contributed by atoms with Crippen molar-refractivity contribution in [3.8, 4) is 11.3 Å². The van der Waals surface area contributed by atoms with Gasteiger partial charge in [-0.2, -0.15) is 5.10 Å². The Labute approximate surface area is 102 Å². The summed E-state index contributed by atoms with van der Waals surface area (Å²) in [4.78, 5) is 15.9. The molecule has 2 heterocycles. The van der Waals surface area contributed by atoms with Crippen LogP contribution in [-0.2, 0) is 0 Å². The molecule has 0 aliphatic rings. The Morgan fingerprint density at radius 1 is 1.17 bits per heavy atom. The van der Waals surface area contributed by atoms with Gasteiger partial charge in [0.15, 0.2) is 0 Å². The molecule has 0 bridgehead atoms. The summed E-state index contributed by atoms with van der Waals surface area (Å²) < 4.78 is 0. The van der Waals surface area contributed by atoms with Gasteiger partial charge in [0.1, 0.15) is 11.2 Å². The Morgan fingerprint density at radius 2 is 2.06 bits per heavy atom. The number of hydrogen-bond acceptors (Lipinski definition) is 4. The Bertz CT molecular complexity index is 779. The van der Waals surface area contributed by atoms with Gasteiger partial charge in [-0.1, -0.05) is 12.1 Å². The van der Waals surface area contributed by atoms with Gasteiger partial charge in [0.25, 0.3) is 5.56 Å². The van der Waals surface area contributed by atoms with E-state index in [1.807, 2.05) is 12.1 Å². The molecule has 0 saturated heterocycles. The number of aromatic amines is 1. The third-order valence-corrected chi connectivity index (χ3v) is 2.71. The quantitative estimate of drug-likeness (QED) is 0.630. The van der Waals surface area contributed by atoms with E-state index in [-0.39, 0.29) is 5.56 Å². The summed E-state index contributed by atoms with van der Waals surface area (Å²) in [6, 6.07) is 10.8. The smallest absolute Gasteiger partial charge is 0.273 e. The number of pyridine rings is 1. The number of nitrogen functional groups attached to an aromatic ring is 1. The minimum Gasteiger partial charge on any atom is -0.399 e. The largest absolute Gasteiger partial charge is 0.399 e. The van der Waals surface area contributed by atoms with Crippen LogP contribution >= 0.6 is 0 Å². The first kappa shape index (κ1) is 10.5. The number of H-pyrrole nitrogens is 1. The SMILES string of the molecule is Nc1cccc(-c2n[nH]c(=O)c3cccnc23)c1. The zero-order valence-corrected chi connectivity index (χ0v) is 9.42. The summed E-state index contributed by atoms with van der Waals surface area (Å²) in [6.45, 7) is 0. The van der Waals surface area contributed by atoms with Crippen molar-refractivity contribution >= 4 is 16.6 Å². The van der Waals surface area contributed by atoms with Crippen LogP contribution in [0.4, 0.5) is 5.69 Å². The Morgan fingerprint density at radius 3 is 2.89 bits per heavy atom. The number of hydrogen-bond donors (Lipinski definition) is 2. The fourth-order valence-corrected chi connectivity index (χ4v) is 1.88. The van der Waals surface area contributed by atoms with Crippen molar-refractivity contribution in [2.45, 2.75) is 0 Å². The highest BCUT2D eigenvalue weighted by molar-refractivity contribution is 5.90. The lowest BCUT2D eigenvalue weighted by Gasteiger charge is -2.04. The molecule has 5 heteroatoms. The van der Waals surface area contributed by atoms with Crippen LogP contribution in [0.25, 0.3) is 22.2 Å². The molecule has 0 unspecified atom stereocenters. The first-order chi connectivity index (χ1) is 8.75. The standard InChI is InChI=1S/C13H10N4O/c14-9-4-1-3-8(7-9)11-12-10(5-2-6-15-12)13(18)17-16-11/h1-7H,14H2,(H,17,18). The Hall–Kier alpha value is -2.69. The molecule has 1 aromatic carbocycles. The lowest BCUT2D eigenvalue weighted by Crippen LogP contribution is -2.10. The van der Waals surface area contributed by atoms with E-state index >= 15 is 0 Å². The number of benzene rings is 1. The fourth-order valence-electron chi connectivity index (χ4n) is 1.88. The molecule has 5 nitrogen and oxygen atoms in total. The summed E-state index contributed by atoms with van der Waals surface area (Å²) in [6.07, 6.45) is 1.64. The second-order valence-corrected chi connectivity index (χ2v) is 3.93. The Kier molecular flexibility index (Phi) is 2.30. The minimum atomic E-state index is -0.245. The number of nitrogens with two attached hydrogens (primary N) is 1. The summed E-state index contributed by atoms with van der Waals surface area (Å²) >= 11 is 0. The number of aromatic nitrogens is 3. The average molecular weight is 238 g/mol. The highest BCUT2D eigenvalue weighted by atomic mass is 16.1. The van der Waals surface area contributed by atoms with E-state index in [0.717, 1.165) is 5.56 Å². The average Bonchev–Trinajstić information content (AvgIpc) is 2.39. The number of rotatable bonds is 1. The zero-order chi connectivity index (χ0) is 12.5. The van der Waals surface area contributed by atoms with Crippen LogP contribution in [0.1, 0.15) is 0 Å². The van der Waals surface area contributed by atoms with E-state index in [9.17, 15) is 4.79 Å². The molecule has 0 aliphatic heterocycles. The molecule has 2 aromatic heterocycles. The number of nitrogens with one attached hydrogen (secondary N) is 1. The van der Waals surface area contributed by atoms with Gasteiger partial charge >= 0.3 is 0 Å². The van der Waals surface area contributed by atoms with Crippen LogP contribution in [0, 0.1) is 0 Å². The molecule has 18 heavy (non-hydrogen) atoms. The van der Waals surface area contributed by atoms with Crippen molar-refractivity contribution in [3.63, 3.8) is 0 Å². The molecule has 0 saturated carbocycles. The van der Waals surface area contributed by atoms with Crippen molar-refractivity contribution in [2.75, 3.05) is 5.73 Å². The molecule has 0 fully saturated rings. The van der Waals surface area contributed by atoms with Gasteiger partial charge in [0.05, 0.1) is 5.39 Å². The topological polar surface area (TPSA) is 84.7 Å². The van der Waals surface area contributed by atoms with Crippen LogP contribution in [0.2, 0.25) is 0 Å². The van der Waals surface area contributed by atoms with Gasteiger partial charge in [-0.3, -0.25) is 9.78 Å². The van der Waals surface area contributed by atoms with Crippen molar-refractivity contribution in [1.82, 2.24) is 15.2 Å². The van der Waals surface area contributed by atoms with Crippen LogP contribution in [-0.4, -0.2) is 15.2 Å². The molecule has 0 radical (unpaired) electrons. The fraction of sp³-hybridized carbons (Fsp3) is 0. The summed E-state index contributed by atoms with van der Waals surface area (Å²) in [7, 11) is 0.